The van der Waals surface area contributed by atoms with E-state index in [1.165, 1.54) is 27.2 Å². The van der Waals surface area contributed by atoms with Crippen LogP contribution >= 0.6 is 11.8 Å². The monoisotopic (exact) mass is 372 g/mol. The van der Waals surface area contributed by atoms with E-state index in [0.29, 0.717) is 5.92 Å². The fraction of sp³-hybridized carbons (Fsp3) is 0.308. The standard InChI is InChI=1S/C26H28S/c1-4-6-12-21-18(3)17-27-25-15-10-9-14-23(25)20(5-2)24-16-19-11-7-8-13-22(19)26(21)24/h4,6-11,13-15,18H,5,12,16-17H2,1-3H3/b6-4-,24-20+,26-21-. The number of rotatable bonds is 3. The smallest absolute Gasteiger partial charge is 0.0147 e. The van der Waals surface area contributed by atoms with Crippen LogP contribution < -0.4 is 0 Å². The Kier molecular flexibility index (Phi) is 5.41. The highest BCUT2D eigenvalue weighted by molar-refractivity contribution is 7.99. The highest BCUT2D eigenvalue weighted by atomic mass is 32.2. The summed E-state index contributed by atoms with van der Waals surface area (Å²) in [7, 11) is 0. The predicted octanol–water partition coefficient (Wildman–Crippen LogP) is 7.57. The fourth-order valence-electron chi connectivity index (χ4n) is 4.50. The summed E-state index contributed by atoms with van der Waals surface area (Å²) < 4.78 is 0. The van der Waals surface area contributed by atoms with Crippen molar-refractivity contribution in [3.05, 3.63) is 88.5 Å². The van der Waals surface area contributed by atoms with E-state index in [4.69, 9.17) is 0 Å². The van der Waals surface area contributed by atoms with Crippen molar-refractivity contribution in [2.45, 2.75) is 44.9 Å². The van der Waals surface area contributed by atoms with Gasteiger partial charge in [-0.1, -0.05) is 74.0 Å². The molecule has 0 saturated carbocycles. The summed E-state index contributed by atoms with van der Waals surface area (Å²) in [4.78, 5) is 1.44. The van der Waals surface area contributed by atoms with Crippen LogP contribution in [0.1, 0.15) is 50.3 Å². The Bertz CT molecular complexity index is 942. The number of allylic oxidation sites excluding steroid dienone is 6. The summed E-state index contributed by atoms with van der Waals surface area (Å²) in [5, 5.41) is 0. The molecule has 0 spiro atoms. The maximum Gasteiger partial charge on any atom is 0.0147 e. The number of thioether (sulfide) groups is 1. The van der Waals surface area contributed by atoms with Crippen LogP contribution in [0.5, 0.6) is 0 Å². The molecule has 27 heavy (non-hydrogen) atoms. The van der Waals surface area contributed by atoms with Gasteiger partial charge < -0.3 is 0 Å². The first-order chi connectivity index (χ1) is 13.2. The zero-order valence-electron chi connectivity index (χ0n) is 16.6. The van der Waals surface area contributed by atoms with Gasteiger partial charge in [0.2, 0.25) is 0 Å². The molecule has 1 atom stereocenters. The van der Waals surface area contributed by atoms with Gasteiger partial charge in [0.25, 0.3) is 0 Å². The van der Waals surface area contributed by atoms with Gasteiger partial charge in [-0.3, -0.25) is 0 Å². The molecule has 1 heterocycles. The minimum Gasteiger partial charge on any atom is -0.125 e. The van der Waals surface area contributed by atoms with Gasteiger partial charge in [0.05, 0.1) is 0 Å². The average molecular weight is 373 g/mol. The van der Waals surface area contributed by atoms with E-state index in [2.05, 4.69) is 81.5 Å². The summed E-state index contributed by atoms with van der Waals surface area (Å²) in [5.41, 5.74) is 10.7. The van der Waals surface area contributed by atoms with Crippen LogP contribution in [0.3, 0.4) is 0 Å². The molecular weight excluding hydrogens is 344 g/mol. The molecule has 0 amide bonds. The predicted molar refractivity (Wildman–Crippen MR) is 120 cm³/mol. The largest absolute Gasteiger partial charge is 0.125 e. The van der Waals surface area contributed by atoms with Crippen molar-refractivity contribution < 1.29 is 0 Å². The van der Waals surface area contributed by atoms with E-state index >= 15 is 0 Å². The van der Waals surface area contributed by atoms with Crippen LogP contribution in [-0.2, 0) is 6.42 Å². The van der Waals surface area contributed by atoms with E-state index in [1.807, 2.05) is 11.8 Å². The molecule has 0 bridgehead atoms. The maximum atomic E-state index is 2.41. The first-order valence-corrected chi connectivity index (χ1v) is 11.1. The minimum absolute atomic E-state index is 0.562. The SMILES string of the molecule is C/C=C\C/C1=C2/C(=C(\CC)c3ccccc3SCC1C)Cc1ccccc12. The van der Waals surface area contributed by atoms with Crippen molar-refractivity contribution >= 4 is 22.9 Å². The number of benzene rings is 2. The average Bonchev–Trinajstić information content (AvgIpc) is 3.08. The second kappa shape index (κ2) is 7.94. The molecule has 0 nitrogen and oxygen atoms in total. The Morgan fingerprint density at radius 1 is 1.04 bits per heavy atom. The van der Waals surface area contributed by atoms with Gasteiger partial charge in [0.15, 0.2) is 0 Å². The van der Waals surface area contributed by atoms with Gasteiger partial charge in [-0.15, -0.1) is 11.8 Å². The fourth-order valence-corrected chi connectivity index (χ4v) is 5.65. The van der Waals surface area contributed by atoms with Crippen molar-refractivity contribution in [1.29, 1.82) is 0 Å². The number of fused-ring (bicyclic) bond motifs is 4. The van der Waals surface area contributed by atoms with Crippen LogP contribution in [0.2, 0.25) is 0 Å². The molecule has 2 aromatic rings. The lowest BCUT2D eigenvalue weighted by Crippen LogP contribution is -2.05. The van der Waals surface area contributed by atoms with Crippen molar-refractivity contribution in [2.24, 2.45) is 5.92 Å². The van der Waals surface area contributed by atoms with Crippen molar-refractivity contribution in [1.82, 2.24) is 0 Å². The first kappa shape index (κ1) is 18.4. The highest BCUT2D eigenvalue weighted by Crippen LogP contribution is 2.48. The number of hydrogen-bond donors (Lipinski definition) is 0. The summed E-state index contributed by atoms with van der Waals surface area (Å²) in [6.07, 6.45) is 7.73. The van der Waals surface area contributed by atoms with Gasteiger partial charge in [-0.2, -0.15) is 0 Å². The summed E-state index contributed by atoms with van der Waals surface area (Å²) in [5.74, 6) is 1.70. The molecule has 2 aromatic carbocycles. The lowest BCUT2D eigenvalue weighted by Gasteiger charge is -2.19. The van der Waals surface area contributed by atoms with Crippen molar-refractivity contribution in [2.75, 3.05) is 5.75 Å². The molecule has 1 aliphatic carbocycles. The summed E-state index contributed by atoms with van der Waals surface area (Å²) >= 11 is 2.03. The molecule has 0 N–H and O–H groups in total. The van der Waals surface area contributed by atoms with Gasteiger partial charge in [0.1, 0.15) is 0 Å². The van der Waals surface area contributed by atoms with E-state index in [1.54, 1.807) is 16.7 Å². The third kappa shape index (κ3) is 3.34. The van der Waals surface area contributed by atoms with E-state index in [9.17, 15) is 0 Å². The molecule has 2 aliphatic rings. The molecule has 0 aromatic heterocycles. The second-order valence-corrected chi connectivity index (χ2v) is 8.59. The second-order valence-electron chi connectivity index (χ2n) is 7.53. The van der Waals surface area contributed by atoms with Crippen LogP contribution in [0.15, 0.2) is 76.7 Å². The minimum atomic E-state index is 0.562. The van der Waals surface area contributed by atoms with Crippen LogP contribution in [0, 0.1) is 5.92 Å². The normalized spacial score (nSPS) is 24.8. The molecular formula is C26H28S. The van der Waals surface area contributed by atoms with Gasteiger partial charge in [0, 0.05) is 10.6 Å². The van der Waals surface area contributed by atoms with Crippen LogP contribution in [0.25, 0.3) is 11.1 Å². The Morgan fingerprint density at radius 3 is 2.56 bits per heavy atom. The molecule has 1 aliphatic heterocycles. The lowest BCUT2D eigenvalue weighted by atomic mass is 9.85. The van der Waals surface area contributed by atoms with Gasteiger partial charge in [-0.25, -0.2) is 0 Å². The van der Waals surface area contributed by atoms with Crippen LogP contribution in [-0.4, -0.2) is 5.75 Å². The molecule has 0 radical (unpaired) electrons. The third-order valence-electron chi connectivity index (χ3n) is 5.86. The molecule has 1 unspecified atom stereocenters. The zero-order chi connectivity index (χ0) is 18.8. The van der Waals surface area contributed by atoms with Crippen LogP contribution in [0.4, 0.5) is 0 Å². The zero-order valence-corrected chi connectivity index (χ0v) is 17.4. The van der Waals surface area contributed by atoms with Crippen molar-refractivity contribution in [3.63, 3.8) is 0 Å². The molecule has 138 valence electrons. The molecule has 0 saturated heterocycles. The van der Waals surface area contributed by atoms with E-state index in [0.717, 1.165) is 25.0 Å². The van der Waals surface area contributed by atoms with E-state index in [-0.39, 0.29) is 0 Å². The Morgan fingerprint density at radius 2 is 1.78 bits per heavy atom. The Hall–Kier alpha value is -1.99. The topological polar surface area (TPSA) is 0 Å². The van der Waals surface area contributed by atoms with E-state index < -0.39 is 0 Å². The summed E-state index contributed by atoms with van der Waals surface area (Å²) in [6, 6.07) is 18.1. The quantitative estimate of drug-likeness (QED) is 0.501. The molecule has 4 rings (SSSR count). The Balaban J connectivity index is 2.04. The van der Waals surface area contributed by atoms with Gasteiger partial charge >= 0.3 is 0 Å². The highest BCUT2D eigenvalue weighted by Gasteiger charge is 2.29. The van der Waals surface area contributed by atoms with Crippen molar-refractivity contribution in [3.8, 4) is 0 Å². The third-order valence-corrected chi connectivity index (χ3v) is 7.20. The Labute approximate surface area is 168 Å². The lowest BCUT2D eigenvalue weighted by molar-refractivity contribution is 0.763. The first-order valence-electron chi connectivity index (χ1n) is 10.1. The maximum absolute atomic E-state index is 2.41. The van der Waals surface area contributed by atoms with Gasteiger partial charge in [-0.05, 0) is 71.6 Å². The number of hydrogen-bond acceptors (Lipinski definition) is 1. The summed E-state index contributed by atoms with van der Waals surface area (Å²) in [6.45, 7) is 6.86. The molecule has 0 fully saturated rings. The molecule has 1 heteroatoms.